The lowest BCUT2D eigenvalue weighted by Crippen LogP contribution is -2.28. The van der Waals surface area contributed by atoms with E-state index in [0.29, 0.717) is 24.2 Å². The van der Waals surface area contributed by atoms with Crippen molar-refractivity contribution in [3.63, 3.8) is 0 Å². The molecule has 1 saturated carbocycles. The topological polar surface area (TPSA) is 58.2 Å². The van der Waals surface area contributed by atoms with Gasteiger partial charge in [0.2, 0.25) is 10.0 Å². The molecule has 0 spiro atoms. The third kappa shape index (κ3) is 4.51. The molecule has 4 nitrogen and oxygen atoms in total. The number of nitrogens with one attached hydrogen (secondary N) is 2. The van der Waals surface area contributed by atoms with Gasteiger partial charge in [0, 0.05) is 12.6 Å². The van der Waals surface area contributed by atoms with E-state index >= 15 is 0 Å². The summed E-state index contributed by atoms with van der Waals surface area (Å²) in [5.74, 6) is 0.416. The summed E-state index contributed by atoms with van der Waals surface area (Å²) in [5.41, 5.74) is 1.73. The predicted octanol–water partition coefficient (Wildman–Crippen LogP) is 2.30. The number of hydrogen-bond donors (Lipinski definition) is 2. The minimum Gasteiger partial charge on any atom is -0.313 e. The van der Waals surface area contributed by atoms with Crippen LogP contribution in [0.2, 0.25) is 0 Å². The van der Waals surface area contributed by atoms with Gasteiger partial charge in [0.1, 0.15) is 0 Å². The molecule has 0 aromatic heterocycles. The normalized spacial score (nSPS) is 15.7. The first-order valence-electron chi connectivity index (χ1n) is 6.81. The largest absolute Gasteiger partial charge is 0.313 e. The van der Waals surface area contributed by atoms with Crippen molar-refractivity contribution in [2.24, 2.45) is 0 Å². The minimum absolute atomic E-state index is 0.121. The molecule has 2 rings (SSSR count). The molecular weight excluding hydrogens is 260 g/mol. The van der Waals surface area contributed by atoms with Crippen molar-refractivity contribution in [3.8, 4) is 0 Å². The van der Waals surface area contributed by atoms with Gasteiger partial charge in [-0.05, 0) is 30.4 Å². The van der Waals surface area contributed by atoms with Gasteiger partial charge in [-0.25, -0.2) is 8.42 Å². The van der Waals surface area contributed by atoms with E-state index in [1.54, 1.807) is 0 Å². The lowest BCUT2D eigenvalue weighted by Gasteiger charge is -2.14. The summed E-state index contributed by atoms with van der Waals surface area (Å²) in [6.45, 7) is 4.63. The summed E-state index contributed by atoms with van der Waals surface area (Å²) in [6, 6.07) is 8.11. The van der Waals surface area contributed by atoms with E-state index in [2.05, 4.69) is 23.9 Å². The first-order chi connectivity index (χ1) is 8.98. The average Bonchev–Trinajstić information content (AvgIpc) is 3.12. The number of hydrogen-bond acceptors (Lipinski definition) is 3. The highest BCUT2D eigenvalue weighted by atomic mass is 32.2. The molecule has 1 fully saturated rings. The Kier molecular flexibility index (Phi) is 4.47. The summed E-state index contributed by atoms with van der Waals surface area (Å²) in [5, 5.41) is 3.22. The second-order valence-electron chi connectivity index (χ2n) is 5.39. The molecule has 0 bridgehead atoms. The molecule has 1 aliphatic rings. The maximum atomic E-state index is 12.0. The Morgan fingerprint density at radius 3 is 2.58 bits per heavy atom. The first-order valence-corrected chi connectivity index (χ1v) is 8.46. The van der Waals surface area contributed by atoms with Crippen molar-refractivity contribution in [2.45, 2.75) is 38.6 Å². The van der Waals surface area contributed by atoms with Crippen LogP contribution < -0.4 is 10.0 Å². The Morgan fingerprint density at radius 2 is 1.95 bits per heavy atom. The van der Waals surface area contributed by atoms with Crippen LogP contribution in [0.5, 0.6) is 0 Å². The van der Waals surface area contributed by atoms with Gasteiger partial charge >= 0.3 is 0 Å². The fourth-order valence-corrected chi connectivity index (χ4v) is 3.01. The molecule has 0 unspecified atom stereocenters. The number of anilines is 1. The van der Waals surface area contributed by atoms with Gasteiger partial charge < -0.3 is 5.32 Å². The second kappa shape index (κ2) is 5.92. The molecule has 1 aromatic carbocycles. The molecule has 0 atom stereocenters. The number of benzene rings is 1. The highest BCUT2D eigenvalue weighted by Gasteiger charge is 2.21. The molecule has 1 aliphatic carbocycles. The van der Waals surface area contributed by atoms with Crippen LogP contribution in [-0.2, 0) is 10.0 Å². The molecule has 0 saturated heterocycles. The van der Waals surface area contributed by atoms with Gasteiger partial charge in [-0.1, -0.05) is 32.0 Å². The van der Waals surface area contributed by atoms with Crippen LogP contribution in [0.4, 0.5) is 5.69 Å². The van der Waals surface area contributed by atoms with Gasteiger partial charge in [-0.15, -0.1) is 0 Å². The molecule has 5 heteroatoms. The molecule has 0 amide bonds. The molecule has 0 aliphatic heterocycles. The Hall–Kier alpha value is -1.07. The van der Waals surface area contributed by atoms with Gasteiger partial charge in [0.25, 0.3) is 0 Å². The Balaban J connectivity index is 1.98. The maximum absolute atomic E-state index is 12.0. The molecule has 1 aromatic rings. The van der Waals surface area contributed by atoms with Gasteiger partial charge in [-0.3, -0.25) is 4.72 Å². The fourth-order valence-electron chi connectivity index (χ4n) is 2.00. The summed E-state index contributed by atoms with van der Waals surface area (Å²) < 4.78 is 26.7. The summed E-state index contributed by atoms with van der Waals surface area (Å²) in [7, 11) is -3.27. The minimum atomic E-state index is -3.27. The van der Waals surface area contributed by atoms with Gasteiger partial charge in [0.05, 0.1) is 11.4 Å². The van der Waals surface area contributed by atoms with Crippen molar-refractivity contribution in [3.05, 3.63) is 29.8 Å². The average molecular weight is 282 g/mol. The zero-order valence-corrected chi connectivity index (χ0v) is 12.3. The first kappa shape index (κ1) is 14.3. The standard InChI is InChI=1S/C14H22N2O2S/c1-11(2)13-5-3-4-6-14(13)16-19(17,18)10-9-15-12-7-8-12/h3-6,11-12,15-16H,7-10H2,1-2H3. The molecule has 106 valence electrons. The van der Waals surface area contributed by atoms with Crippen LogP contribution in [-0.4, -0.2) is 26.8 Å². The van der Waals surface area contributed by atoms with Crippen LogP contribution in [0.3, 0.4) is 0 Å². The molecule has 0 radical (unpaired) electrons. The number of rotatable bonds is 7. The monoisotopic (exact) mass is 282 g/mol. The van der Waals surface area contributed by atoms with E-state index in [1.807, 2.05) is 24.3 Å². The molecule has 19 heavy (non-hydrogen) atoms. The van der Waals surface area contributed by atoms with Crippen LogP contribution in [0.15, 0.2) is 24.3 Å². The maximum Gasteiger partial charge on any atom is 0.233 e. The van der Waals surface area contributed by atoms with E-state index < -0.39 is 10.0 Å². The van der Waals surface area contributed by atoms with Crippen LogP contribution in [0.1, 0.15) is 38.2 Å². The molecule has 0 heterocycles. The Bertz CT molecular complexity index is 522. The van der Waals surface area contributed by atoms with E-state index in [-0.39, 0.29) is 5.75 Å². The number of sulfonamides is 1. The quantitative estimate of drug-likeness (QED) is 0.807. The van der Waals surface area contributed by atoms with Crippen LogP contribution >= 0.6 is 0 Å². The van der Waals surface area contributed by atoms with Crippen molar-refractivity contribution in [1.29, 1.82) is 0 Å². The SMILES string of the molecule is CC(C)c1ccccc1NS(=O)(=O)CCNC1CC1. The van der Waals surface area contributed by atoms with E-state index in [4.69, 9.17) is 0 Å². The van der Waals surface area contributed by atoms with Crippen molar-refractivity contribution in [1.82, 2.24) is 5.32 Å². The van der Waals surface area contributed by atoms with E-state index in [1.165, 1.54) is 12.8 Å². The van der Waals surface area contributed by atoms with Crippen molar-refractivity contribution >= 4 is 15.7 Å². The highest BCUT2D eigenvalue weighted by Crippen LogP contribution is 2.24. The van der Waals surface area contributed by atoms with E-state index in [9.17, 15) is 8.42 Å². The van der Waals surface area contributed by atoms with Gasteiger partial charge in [-0.2, -0.15) is 0 Å². The number of para-hydroxylation sites is 1. The van der Waals surface area contributed by atoms with Gasteiger partial charge in [0.15, 0.2) is 0 Å². The third-order valence-electron chi connectivity index (χ3n) is 3.23. The van der Waals surface area contributed by atoms with Crippen molar-refractivity contribution < 1.29 is 8.42 Å². The zero-order chi connectivity index (χ0) is 13.9. The van der Waals surface area contributed by atoms with Crippen molar-refractivity contribution in [2.75, 3.05) is 17.0 Å². The molecule has 2 N–H and O–H groups in total. The Labute approximate surface area is 115 Å². The third-order valence-corrected chi connectivity index (χ3v) is 4.50. The highest BCUT2D eigenvalue weighted by molar-refractivity contribution is 7.92. The predicted molar refractivity (Wildman–Crippen MR) is 79.0 cm³/mol. The second-order valence-corrected chi connectivity index (χ2v) is 7.23. The lowest BCUT2D eigenvalue weighted by atomic mass is 10.0. The molecular formula is C14H22N2O2S. The lowest BCUT2D eigenvalue weighted by molar-refractivity contribution is 0.595. The van der Waals surface area contributed by atoms with Crippen LogP contribution in [0, 0.1) is 0 Å². The summed E-state index contributed by atoms with van der Waals surface area (Å²) in [6.07, 6.45) is 2.34. The smallest absolute Gasteiger partial charge is 0.233 e. The Morgan fingerprint density at radius 1 is 1.26 bits per heavy atom. The van der Waals surface area contributed by atoms with Crippen LogP contribution in [0.25, 0.3) is 0 Å². The summed E-state index contributed by atoms with van der Waals surface area (Å²) >= 11 is 0. The fraction of sp³-hybridized carbons (Fsp3) is 0.571. The zero-order valence-electron chi connectivity index (χ0n) is 11.5. The summed E-state index contributed by atoms with van der Waals surface area (Å²) in [4.78, 5) is 0. The van der Waals surface area contributed by atoms with E-state index in [0.717, 1.165) is 5.56 Å².